The zero-order chi connectivity index (χ0) is 26.1. The van der Waals surface area contributed by atoms with Gasteiger partial charge in [-0.2, -0.15) is 4.99 Å². The molecule has 13 nitrogen and oxygen atoms in total. The molecule has 5 rings (SSSR count). The maximum atomic E-state index is 12.0. The molecule has 2 aromatic carbocycles. The first-order chi connectivity index (χ1) is 17.8. The molecule has 7 N–H and O–H groups in total. The molecule has 0 saturated carbocycles. The molecule has 0 bridgehead atoms. The monoisotopic (exact) mass is 501 g/mol. The third kappa shape index (κ3) is 4.82. The van der Waals surface area contributed by atoms with E-state index in [0.29, 0.717) is 11.3 Å². The number of aliphatic imine (C=N–C) groups is 3. The number of nitrogens with one attached hydrogen (secondary N) is 3. The third-order valence-corrected chi connectivity index (χ3v) is 5.65. The van der Waals surface area contributed by atoms with Crippen LogP contribution >= 0.6 is 0 Å². The van der Waals surface area contributed by atoms with Gasteiger partial charge in [-0.15, -0.1) is 0 Å². The zero-order valence-electron chi connectivity index (χ0n) is 19.7. The van der Waals surface area contributed by atoms with Gasteiger partial charge in [0.25, 0.3) is 11.8 Å². The second kappa shape index (κ2) is 9.45. The first-order valence-electron chi connectivity index (χ1n) is 11.2. The van der Waals surface area contributed by atoms with Gasteiger partial charge in [-0.3, -0.25) is 30.3 Å². The predicted octanol–water partition coefficient (Wildman–Crippen LogP) is -0.124. The second-order valence-corrected chi connectivity index (χ2v) is 8.28. The minimum Gasteiger partial charge on any atom is -0.436 e. The standard InChI is InChI=1S/C24H23N9O4/c1-33-8-7-28-22(33)13-3-2-4-14(9-13)36-24-31-21-18(30-17(34)11-29-21)23(32-24)37-16-10-12(19(25)26)5-6-15(16)20(27)35/h2-6,9-10H,7-8,11H2,1H3,(H3,25,26)(H2,27,35)(H,30,34)(H,29,31,32). The van der Waals surface area contributed by atoms with E-state index in [1.807, 2.05) is 25.2 Å². The van der Waals surface area contributed by atoms with Crippen molar-refractivity contribution in [1.29, 1.82) is 5.41 Å². The average Bonchev–Trinajstić information content (AvgIpc) is 3.30. The Morgan fingerprint density at radius 2 is 1.95 bits per heavy atom. The van der Waals surface area contributed by atoms with Crippen molar-refractivity contribution >= 4 is 35.3 Å². The van der Waals surface area contributed by atoms with Crippen LogP contribution in [0, 0.1) is 5.41 Å². The number of carbonyl (C=O) groups is 2. The van der Waals surface area contributed by atoms with Crippen molar-refractivity contribution in [3.63, 3.8) is 0 Å². The van der Waals surface area contributed by atoms with Gasteiger partial charge in [0, 0.05) is 24.7 Å². The van der Waals surface area contributed by atoms with Gasteiger partial charge < -0.3 is 31.2 Å². The number of nitrogen functional groups attached to an aromatic ring is 1. The number of hydrogen-bond donors (Lipinski definition) is 5. The molecule has 3 heterocycles. The topological polar surface area (TPSA) is 193 Å². The molecule has 2 amide bonds. The van der Waals surface area contributed by atoms with Crippen LogP contribution in [0.15, 0.2) is 69.0 Å². The molecular formula is C24H23N9O4. The first-order valence-corrected chi connectivity index (χ1v) is 11.2. The maximum Gasteiger partial charge on any atom is 0.304 e. The summed E-state index contributed by atoms with van der Waals surface area (Å²) >= 11 is 0. The van der Waals surface area contributed by atoms with Gasteiger partial charge in [0.2, 0.25) is 5.91 Å². The fourth-order valence-electron chi connectivity index (χ4n) is 3.86. The molecule has 0 spiro atoms. The SMILES string of the molecule is CN1CCN=C1c1cccc(OC2=NC(Oc3cc(C(=N)N)ccc3C(N)=O)=C3NC(=O)CN=C3N2)c1. The van der Waals surface area contributed by atoms with Crippen molar-refractivity contribution in [3.8, 4) is 11.5 Å². The zero-order valence-corrected chi connectivity index (χ0v) is 19.7. The third-order valence-electron chi connectivity index (χ3n) is 5.65. The summed E-state index contributed by atoms with van der Waals surface area (Å²) in [5, 5.41) is 13.3. The number of nitrogens with two attached hydrogens (primary N) is 2. The van der Waals surface area contributed by atoms with Crippen LogP contribution in [0.5, 0.6) is 11.5 Å². The number of carbonyl (C=O) groups excluding carboxylic acids is 2. The van der Waals surface area contributed by atoms with Crippen LogP contribution in [0.25, 0.3) is 0 Å². The van der Waals surface area contributed by atoms with Gasteiger partial charge in [-0.1, -0.05) is 18.2 Å². The molecular weight excluding hydrogens is 478 g/mol. The Kier molecular flexibility index (Phi) is 6.01. The lowest BCUT2D eigenvalue weighted by atomic mass is 10.1. The summed E-state index contributed by atoms with van der Waals surface area (Å²) in [5.41, 5.74) is 12.5. The summed E-state index contributed by atoms with van der Waals surface area (Å²) in [6.45, 7) is 1.45. The molecule has 0 aliphatic carbocycles. The molecule has 0 saturated heterocycles. The Balaban J connectivity index is 1.51. The van der Waals surface area contributed by atoms with Crippen LogP contribution in [0.4, 0.5) is 0 Å². The van der Waals surface area contributed by atoms with E-state index in [0.717, 1.165) is 24.5 Å². The number of rotatable bonds is 6. The number of amides is 2. The van der Waals surface area contributed by atoms with E-state index in [1.54, 1.807) is 6.07 Å². The Morgan fingerprint density at radius 1 is 1.11 bits per heavy atom. The van der Waals surface area contributed by atoms with Crippen LogP contribution in [-0.2, 0) is 4.79 Å². The van der Waals surface area contributed by atoms with E-state index in [9.17, 15) is 9.59 Å². The highest BCUT2D eigenvalue weighted by molar-refractivity contribution is 6.13. The minimum atomic E-state index is -0.761. The molecule has 0 radical (unpaired) electrons. The first kappa shape index (κ1) is 23.5. The lowest BCUT2D eigenvalue weighted by Gasteiger charge is -2.25. The highest BCUT2D eigenvalue weighted by Gasteiger charge is 2.30. The number of hydrogen-bond acceptors (Lipinski definition) is 10. The molecule has 13 heteroatoms. The van der Waals surface area contributed by atoms with Crippen LogP contribution in [0.1, 0.15) is 21.5 Å². The lowest BCUT2D eigenvalue weighted by Crippen LogP contribution is -2.48. The predicted molar refractivity (Wildman–Crippen MR) is 136 cm³/mol. The maximum absolute atomic E-state index is 12.0. The van der Waals surface area contributed by atoms with Crippen molar-refractivity contribution in [2.24, 2.45) is 26.4 Å². The fraction of sp³-hybridized carbons (Fsp3) is 0.167. The normalized spacial score (nSPS) is 16.6. The molecule has 0 aromatic heterocycles. The second-order valence-electron chi connectivity index (χ2n) is 8.28. The van der Waals surface area contributed by atoms with Crippen LogP contribution in [0.2, 0.25) is 0 Å². The number of nitrogens with zero attached hydrogens (tertiary/aromatic N) is 4. The van der Waals surface area contributed by atoms with Crippen LogP contribution < -0.4 is 31.6 Å². The van der Waals surface area contributed by atoms with Crippen molar-refractivity contribution in [3.05, 3.63) is 70.7 Å². The lowest BCUT2D eigenvalue weighted by molar-refractivity contribution is -0.119. The molecule has 3 aliphatic heterocycles. The molecule has 0 atom stereocenters. The number of ether oxygens (including phenoxy) is 2. The van der Waals surface area contributed by atoms with Gasteiger partial charge in [0.1, 0.15) is 35.4 Å². The largest absolute Gasteiger partial charge is 0.436 e. The summed E-state index contributed by atoms with van der Waals surface area (Å²) in [6, 6.07) is 11.6. The molecule has 188 valence electrons. The Bertz CT molecular complexity index is 1460. The van der Waals surface area contributed by atoms with Crippen molar-refractivity contribution in [2.75, 3.05) is 26.7 Å². The number of amidine groups is 4. The van der Waals surface area contributed by atoms with Crippen LogP contribution in [0.3, 0.4) is 0 Å². The summed E-state index contributed by atoms with van der Waals surface area (Å²) in [7, 11) is 1.97. The van der Waals surface area contributed by atoms with Gasteiger partial charge >= 0.3 is 6.02 Å². The highest BCUT2D eigenvalue weighted by Crippen LogP contribution is 2.26. The Labute approximate surface area is 211 Å². The molecule has 37 heavy (non-hydrogen) atoms. The van der Waals surface area contributed by atoms with E-state index in [4.69, 9.17) is 26.4 Å². The summed E-state index contributed by atoms with van der Waals surface area (Å²) in [4.78, 5) is 39.3. The highest BCUT2D eigenvalue weighted by atomic mass is 16.5. The van der Waals surface area contributed by atoms with E-state index in [2.05, 4.69) is 30.5 Å². The number of likely N-dealkylation sites (N-methyl/N-ethyl adjacent to an activating group) is 1. The van der Waals surface area contributed by atoms with E-state index >= 15 is 0 Å². The number of primary amides is 1. The average molecular weight is 502 g/mol. The summed E-state index contributed by atoms with van der Waals surface area (Å²) < 4.78 is 11.9. The quantitative estimate of drug-likeness (QED) is 0.269. The Hall–Kier alpha value is -5.20. The molecule has 0 fully saturated rings. The molecule has 3 aliphatic rings. The number of fused-ring (bicyclic) bond motifs is 1. The summed E-state index contributed by atoms with van der Waals surface area (Å²) in [6.07, 6.45) is 0. The van der Waals surface area contributed by atoms with Gasteiger partial charge in [0.05, 0.1) is 12.1 Å². The van der Waals surface area contributed by atoms with E-state index in [1.165, 1.54) is 18.2 Å². The van der Waals surface area contributed by atoms with Gasteiger partial charge in [0.15, 0.2) is 5.84 Å². The Morgan fingerprint density at radius 3 is 2.68 bits per heavy atom. The van der Waals surface area contributed by atoms with Crippen molar-refractivity contribution in [1.82, 2.24) is 15.5 Å². The summed E-state index contributed by atoms with van der Waals surface area (Å²) in [5.74, 6) is 0.133. The smallest absolute Gasteiger partial charge is 0.304 e. The molecule has 0 unspecified atom stereocenters. The van der Waals surface area contributed by atoms with Crippen molar-refractivity contribution < 1.29 is 19.1 Å². The van der Waals surface area contributed by atoms with E-state index in [-0.39, 0.29) is 53.0 Å². The van der Waals surface area contributed by atoms with E-state index < -0.39 is 5.91 Å². The fourth-order valence-corrected chi connectivity index (χ4v) is 3.86. The molecule has 2 aromatic rings. The minimum absolute atomic E-state index is 0.00356. The van der Waals surface area contributed by atoms with Gasteiger partial charge in [-0.05, 0) is 24.3 Å². The number of benzene rings is 2. The van der Waals surface area contributed by atoms with Gasteiger partial charge in [-0.25, -0.2) is 0 Å². The van der Waals surface area contributed by atoms with Crippen molar-refractivity contribution in [2.45, 2.75) is 0 Å². The van der Waals surface area contributed by atoms with Crippen LogP contribution in [-0.4, -0.2) is 66.9 Å².